The van der Waals surface area contributed by atoms with Crippen LogP contribution in [0.5, 0.6) is 0 Å². The van der Waals surface area contributed by atoms with Gasteiger partial charge in [-0.25, -0.2) is 4.79 Å². The van der Waals surface area contributed by atoms with Crippen molar-refractivity contribution in [3.8, 4) is 0 Å². The van der Waals surface area contributed by atoms with E-state index in [9.17, 15) is 14.7 Å². The molecule has 5 heteroatoms. The zero-order valence-electron chi connectivity index (χ0n) is 11.0. The molecule has 3 unspecified atom stereocenters. The molecule has 19 heavy (non-hydrogen) atoms. The van der Waals surface area contributed by atoms with E-state index < -0.39 is 24.0 Å². The van der Waals surface area contributed by atoms with Gasteiger partial charge in [-0.05, 0) is 18.9 Å². The summed E-state index contributed by atoms with van der Waals surface area (Å²) in [5.41, 5.74) is 0.831. The molecule has 0 radical (unpaired) electrons. The van der Waals surface area contributed by atoms with E-state index in [1.54, 1.807) is 0 Å². The topological polar surface area (TPSA) is 86.6 Å². The van der Waals surface area contributed by atoms with E-state index in [0.29, 0.717) is 6.42 Å². The summed E-state index contributed by atoms with van der Waals surface area (Å²) < 4.78 is 0. The first kappa shape index (κ1) is 15.2. The summed E-state index contributed by atoms with van der Waals surface area (Å²) >= 11 is 0. The van der Waals surface area contributed by atoms with Crippen molar-refractivity contribution in [3.63, 3.8) is 0 Å². The Hall–Kier alpha value is -1.88. The van der Waals surface area contributed by atoms with Gasteiger partial charge in [0.2, 0.25) is 5.91 Å². The number of aliphatic hydroxyl groups excluding tert-OH is 1. The minimum Gasteiger partial charge on any atom is -0.480 e. The zero-order chi connectivity index (χ0) is 14.4. The molecule has 0 aliphatic heterocycles. The van der Waals surface area contributed by atoms with Gasteiger partial charge < -0.3 is 15.5 Å². The van der Waals surface area contributed by atoms with Gasteiger partial charge in [0.05, 0.1) is 12.0 Å². The predicted molar refractivity (Wildman–Crippen MR) is 70.7 cm³/mol. The van der Waals surface area contributed by atoms with Crippen LogP contribution in [0.15, 0.2) is 30.3 Å². The SMILES string of the molecule is CCC(C(=O)NC(C(=O)O)C(C)O)c1ccccc1. The van der Waals surface area contributed by atoms with Crippen LogP contribution in [0, 0.1) is 0 Å². The average Bonchev–Trinajstić information content (AvgIpc) is 2.37. The minimum atomic E-state index is -1.29. The first-order chi connectivity index (χ1) is 8.97. The third-order valence-electron chi connectivity index (χ3n) is 2.97. The molecule has 104 valence electrons. The summed E-state index contributed by atoms with van der Waals surface area (Å²) in [7, 11) is 0. The highest BCUT2D eigenvalue weighted by molar-refractivity contribution is 5.88. The molecule has 3 N–H and O–H groups in total. The van der Waals surface area contributed by atoms with Gasteiger partial charge in [-0.1, -0.05) is 37.3 Å². The summed E-state index contributed by atoms with van der Waals surface area (Å²) in [6.07, 6.45) is -0.586. The number of rotatable bonds is 6. The molecule has 0 aliphatic rings. The van der Waals surface area contributed by atoms with E-state index in [0.717, 1.165) is 5.56 Å². The molecule has 0 spiro atoms. The van der Waals surface area contributed by atoms with E-state index >= 15 is 0 Å². The van der Waals surface area contributed by atoms with Crippen molar-refractivity contribution in [1.29, 1.82) is 0 Å². The quantitative estimate of drug-likeness (QED) is 0.719. The van der Waals surface area contributed by atoms with Crippen molar-refractivity contribution in [2.45, 2.75) is 38.3 Å². The number of aliphatic carboxylic acids is 1. The third-order valence-corrected chi connectivity index (χ3v) is 2.97. The lowest BCUT2D eigenvalue weighted by atomic mass is 9.95. The Morgan fingerprint density at radius 3 is 2.26 bits per heavy atom. The number of carboxylic acids is 1. The molecule has 0 heterocycles. The average molecular weight is 265 g/mol. The van der Waals surface area contributed by atoms with Gasteiger partial charge in [0, 0.05) is 0 Å². The number of carbonyl (C=O) groups is 2. The highest BCUT2D eigenvalue weighted by Crippen LogP contribution is 2.19. The van der Waals surface area contributed by atoms with Crippen molar-refractivity contribution < 1.29 is 19.8 Å². The van der Waals surface area contributed by atoms with Crippen LogP contribution in [-0.4, -0.2) is 34.2 Å². The van der Waals surface area contributed by atoms with Crippen LogP contribution in [0.4, 0.5) is 0 Å². The fourth-order valence-corrected chi connectivity index (χ4v) is 1.90. The van der Waals surface area contributed by atoms with Crippen LogP contribution < -0.4 is 5.32 Å². The maximum absolute atomic E-state index is 12.1. The number of aliphatic hydroxyl groups is 1. The van der Waals surface area contributed by atoms with Crippen molar-refractivity contribution in [1.82, 2.24) is 5.32 Å². The zero-order valence-corrected chi connectivity index (χ0v) is 11.0. The highest BCUT2D eigenvalue weighted by atomic mass is 16.4. The molecule has 1 amide bonds. The molecule has 0 bridgehead atoms. The van der Waals surface area contributed by atoms with Crippen LogP contribution in [0.25, 0.3) is 0 Å². The van der Waals surface area contributed by atoms with Crippen molar-refractivity contribution in [2.24, 2.45) is 0 Å². The van der Waals surface area contributed by atoms with Gasteiger partial charge in [0.15, 0.2) is 6.04 Å². The summed E-state index contributed by atoms with van der Waals surface area (Å²) in [6.45, 7) is 3.19. The number of hydrogen-bond acceptors (Lipinski definition) is 3. The van der Waals surface area contributed by atoms with Crippen LogP contribution in [0.2, 0.25) is 0 Å². The summed E-state index contributed by atoms with van der Waals surface area (Å²) in [5, 5.41) is 20.7. The highest BCUT2D eigenvalue weighted by Gasteiger charge is 2.28. The molecule has 0 fully saturated rings. The first-order valence-corrected chi connectivity index (χ1v) is 6.23. The second-order valence-electron chi connectivity index (χ2n) is 4.44. The number of nitrogens with one attached hydrogen (secondary N) is 1. The monoisotopic (exact) mass is 265 g/mol. The molecule has 5 nitrogen and oxygen atoms in total. The molecule has 1 rings (SSSR count). The molecule has 0 aromatic heterocycles. The molecule has 0 saturated carbocycles. The van der Waals surface area contributed by atoms with Crippen LogP contribution in [-0.2, 0) is 9.59 Å². The second kappa shape index (κ2) is 6.89. The number of benzene rings is 1. The lowest BCUT2D eigenvalue weighted by Crippen LogP contribution is -2.49. The van der Waals surface area contributed by atoms with Gasteiger partial charge in [0.25, 0.3) is 0 Å². The Morgan fingerprint density at radius 1 is 1.26 bits per heavy atom. The van der Waals surface area contributed by atoms with Crippen molar-refractivity contribution in [3.05, 3.63) is 35.9 Å². The minimum absolute atomic E-state index is 0.387. The van der Waals surface area contributed by atoms with Crippen LogP contribution in [0.3, 0.4) is 0 Å². The molecule has 0 aliphatic carbocycles. The summed E-state index contributed by atoms with van der Waals surface area (Å²) in [4.78, 5) is 23.1. The Kier molecular flexibility index (Phi) is 5.51. The van der Waals surface area contributed by atoms with Crippen LogP contribution in [0.1, 0.15) is 31.7 Å². The maximum atomic E-state index is 12.1. The van der Waals surface area contributed by atoms with E-state index in [4.69, 9.17) is 5.11 Å². The van der Waals surface area contributed by atoms with Gasteiger partial charge in [0.1, 0.15) is 0 Å². The van der Waals surface area contributed by atoms with Crippen molar-refractivity contribution >= 4 is 11.9 Å². The Labute approximate surface area is 112 Å². The Balaban J connectivity index is 2.83. The number of amides is 1. The van der Waals surface area contributed by atoms with E-state index in [1.807, 2.05) is 37.3 Å². The number of hydrogen-bond donors (Lipinski definition) is 3. The smallest absolute Gasteiger partial charge is 0.328 e. The largest absolute Gasteiger partial charge is 0.480 e. The fraction of sp³-hybridized carbons (Fsp3) is 0.429. The van der Waals surface area contributed by atoms with E-state index in [2.05, 4.69) is 5.32 Å². The third kappa shape index (κ3) is 4.06. The molecular formula is C14H19NO4. The molecule has 0 saturated heterocycles. The molecular weight excluding hydrogens is 246 g/mol. The molecule has 1 aromatic rings. The Bertz CT molecular complexity index is 430. The fourth-order valence-electron chi connectivity index (χ4n) is 1.90. The normalized spacial score (nSPS) is 15.3. The van der Waals surface area contributed by atoms with Gasteiger partial charge in [-0.3, -0.25) is 4.79 Å². The molecule has 1 aromatic carbocycles. The predicted octanol–water partition coefficient (Wildman–Crippen LogP) is 1.13. The van der Waals surface area contributed by atoms with Gasteiger partial charge >= 0.3 is 5.97 Å². The number of carbonyl (C=O) groups excluding carboxylic acids is 1. The first-order valence-electron chi connectivity index (χ1n) is 6.23. The van der Waals surface area contributed by atoms with Crippen molar-refractivity contribution in [2.75, 3.05) is 0 Å². The maximum Gasteiger partial charge on any atom is 0.328 e. The van der Waals surface area contributed by atoms with Gasteiger partial charge in [-0.2, -0.15) is 0 Å². The second-order valence-corrected chi connectivity index (χ2v) is 4.44. The summed E-state index contributed by atoms with van der Waals surface area (Å²) in [5.74, 6) is -2.05. The Morgan fingerprint density at radius 2 is 1.84 bits per heavy atom. The van der Waals surface area contributed by atoms with E-state index in [-0.39, 0.29) is 5.91 Å². The molecule has 3 atom stereocenters. The standard InChI is InChI=1S/C14H19NO4/c1-3-11(10-7-5-4-6-8-10)13(17)15-12(9(2)16)14(18)19/h4-9,11-12,16H,3H2,1-2H3,(H,15,17)(H,18,19). The number of carboxylic acid groups (broad SMARTS) is 1. The lowest BCUT2D eigenvalue weighted by molar-refractivity contribution is -0.145. The van der Waals surface area contributed by atoms with E-state index in [1.165, 1.54) is 6.92 Å². The van der Waals surface area contributed by atoms with Gasteiger partial charge in [-0.15, -0.1) is 0 Å². The van der Waals surface area contributed by atoms with Crippen LogP contribution >= 0.6 is 0 Å². The summed E-state index contributed by atoms with van der Waals surface area (Å²) in [6, 6.07) is 7.87. The lowest BCUT2D eigenvalue weighted by Gasteiger charge is -2.21.